The number of nitrogens with zero attached hydrogens (tertiary/aromatic N) is 3. The maximum atomic E-state index is 12.7. The van der Waals surface area contributed by atoms with E-state index in [0.29, 0.717) is 23.4 Å². The number of hydrogen-bond donors (Lipinski definition) is 1. The van der Waals surface area contributed by atoms with Crippen molar-refractivity contribution in [2.45, 2.75) is 6.54 Å². The van der Waals surface area contributed by atoms with Crippen molar-refractivity contribution in [2.75, 3.05) is 12.4 Å². The molecule has 0 spiro atoms. The number of pyridine rings is 1. The molecule has 2 amide bonds. The van der Waals surface area contributed by atoms with Crippen molar-refractivity contribution < 1.29 is 9.59 Å². The van der Waals surface area contributed by atoms with Crippen LogP contribution >= 0.6 is 0 Å². The highest BCUT2D eigenvalue weighted by molar-refractivity contribution is 6.06. The molecule has 0 aliphatic rings. The maximum absolute atomic E-state index is 12.7. The third-order valence-electron chi connectivity index (χ3n) is 4.15. The van der Waals surface area contributed by atoms with E-state index in [9.17, 15) is 9.59 Å². The molecule has 3 aromatic rings. The van der Waals surface area contributed by atoms with Crippen molar-refractivity contribution in [1.82, 2.24) is 9.88 Å². The summed E-state index contributed by atoms with van der Waals surface area (Å²) in [5, 5.41) is 11.8. The van der Waals surface area contributed by atoms with Gasteiger partial charge < -0.3 is 10.2 Å². The number of carbonyl (C=O) groups is 2. The standard InChI is InChI=1S/C22H18N4O2/c1-26(15-16-7-3-2-4-8-16)22(28)19-11-18(13-24-14-19)21(27)25-20-10-6-5-9-17(20)12-23/h2-11,13-14H,15H2,1H3,(H,25,27). The molecule has 1 heterocycles. The molecule has 1 aromatic heterocycles. The van der Waals surface area contributed by atoms with Gasteiger partial charge in [0.2, 0.25) is 0 Å². The summed E-state index contributed by atoms with van der Waals surface area (Å²) in [7, 11) is 1.70. The lowest BCUT2D eigenvalue weighted by Crippen LogP contribution is -2.26. The minimum absolute atomic E-state index is 0.233. The molecule has 6 heteroatoms. The number of nitrogens with one attached hydrogen (secondary N) is 1. The smallest absolute Gasteiger partial charge is 0.257 e. The molecule has 0 unspecified atom stereocenters. The molecule has 0 saturated carbocycles. The molecule has 28 heavy (non-hydrogen) atoms. The molecule has 3 rings (SSSR count). The summed E-state index contributed by atoms with van der Waals surface area (Å²) in [4.78, 5) is 30.8. The molecule has 0 aliphatic heterocycles. The monoisotopic (exact) mass is 370 g/mol. The Bertz CT molecular complexity index is 1040. The zero-order valence-electron chi connectivity index (χ0n) is 15.3. The normalized spacial score (nSPS) is 10.0. The third-order valence-corrected chi connectivity index (χ3v) is 4.15. The zero-order chi connectivity index (χ0) is 19.9. The van der Waals surface area contributed by atoms with Gasteiger partial charge in [0, 0.05) is 26.0 Å². The Morgan fingerprint density at radius 1 is 1.04 bits per heavy atom. The van der Waals surface area contributed by atoms with Crippen molar-refractivity contribution >= 4 is 17.5 Å². The van der Waals surface area contributed by atoms with Gasteiger partial charge in [-0.3, -0.25) is 14.6 Å². The largest absolute Gasteiger partial charge is 0.337 e. The fourth-order valence-corrected chi connectivity index (χ4v) is 2.71. The van der Waals surface area contributed by atoms with E-state index in [2.05, 4.69) is 10.3 Å². The minimum Gasteiger partial charge on any atom is -0.337 e. The number of carbonyl (C=O) groups excluding carboxylic acids is 2. The topological polar surface area (TPSA) is 86.1 Å². The molecule has 138 valence electrons. The molecule has 0 radical (unpaired) electrons. The Balaban J connectivity index is 1.75. The fourth-order valence-electron chi connectivity index (χ4n) is 2.71. The van der Waals surface area contributed by atoms with Crippen molar-refractivity contribution in [3.8, 4) is 6.07 Å². The average molecular weight is 370 g/mol. The number of benzene rings is 2. The number of hydrogen-bond acceptors (Lipinski definition) is 4. The first-order chi connectivity index (χ1) is 13.6. The van der Waals surface area contributed by atoms with Gasteiger partial charge in [-0.15, -0.1) is 0 Å². The van der Waals surface area contributed by atoms with E-state index in [0.717, 1.165) is 5.56 Å². The maximum Gasteiger partial charge on any atom is 0.257 e. The summed E-state index contributed by atoms with van der Waals surface area (Å²) in [5.74, 6) is -0.668. The average Bonchev–Trinajstić information content (AvgIpc) is 2.74. The molecule has 0 atom stereocenters. The van der Waals surface area contributed by atoms with Crippen LogP contribution < -0.4 is 5.32 Å². The third kappa shape index (κ3) is 4.40. The van der Waals surface area contributed by atoms with Gasteiger partial charge in [0.25, 0.3) is 11.8 Å². The first kappa shape index (κ1) is 18.8. The van der Waals surface area contributed by atoms with Gasteiger partial charge in [-0.25, -0.2) is 0 Å². The summed E-state index contributed by atoms with van der Waals surface area (Å²) >= 11 is 0. The van der Waals surface area contributed by atoms with Crippen molar-refractivity contribution in [1.29, 1.82) is 5.26 Å². The molecular formula is C22H18N4O2. The Hall–Kier alpha value is -3.98. The van der Waals surface area contributed by atoms with Crippen molar-refractivity contribution in [3.05, 3.63) is 95.3 Å². The molecule has 2 aromatic carbocycles. The lowest BCUT2D eigenvalue weighted by molar-refractivity contribution is 0.0784. The number of amides is 2. The quantitative estimate of drug-likeness (QED) is 0.745. The Morgan fingerprint density at radius 2 is 1.71 bits per heavy atom. The molecule has 6 nitrogen and oxygen atoms in total. The molecule has 0 aliphatic carbocycles. The zero-order valence-corrected chi connectivity index (χ0v) is 15.3. The number of para-hydroxylation sites is 1. The van der Waals surface area contributed by atoms with Crippen molar-refractivity contribution in [2.24, 2.45) is 0 Å². The van der Waals surface area contributed by atoms with Gasteiger partial charge in [0.1, 0.15) is 6.07 Å². The summed E-state index contributed by atoms with van der Waals surface area (Å²) in [6, 6.07) is 19.9. The summed E-state index contributed by atoms with van der Waals surface area (Å²) in [5.41, 5.74) is 2.34. The predicted octanol–water partition coefficient (Wildman–Crippen LogP) is 3.48. The van der Waals surface area contributed by atoms with Crippen LogP contribution in [0.3, 0.4) is 0 Å². The first-order valence-corrected chi connectivity index (χ1v) is 8.63. The summed E-state index contributed by atoms with van der Waals surface area (Å²) < 4.78 is 0. The molecule has 1 N–H and O–H groups in total. The number of aromatic nitrogens is 1. The molecule has 0 fully saturated rings. The first-order valence-electron chi connectivity index (χ1n) is 8.63. The van der Waals surface area contributed by atoms with Crippen LogP contribution in [0.15, 0.2) is 73.1 Å². The molecular weight excluding hydrogens is 352 g/mol. The van der Waals surface area contributed by atoms with E-state index >= 15 is 0 Å². The number of rotatable bonds is 5. The number of anilines is 1. The lowest BCUT2D eigenvalue weighted by atomic mass is 10.1. The van der Waals surface area contributed by atoms with Gasteiger partial charge in [-0.05, 0) is 23.8 Å². The van der Waals surface area contributed by atoms with Crippen LogP contribution in [0.4, 0.5) is 5.69 Å². The number of nitriles is 1. The highest BCUT2D eigenvalue weighted by Crippen LogP contribution is 2.16. The highest BCUT2D eigenvalue weighted by Gasteiger charge is 2.16. The van der Waals surface area contributed by atoms with E-state index in [1.807, 2.05) is 36.4 Å². The Kier molecular flexibility index (Phi) is 5.78. The second-order valence-corrected chi connectivity index (χ2v) is 6.22. The van der Waals surface area contributed by atoms with Gasteiger partial charge in [0.15, 0.2) is 0 Å². The van der Waals surface area contributed by atoms with Crippen molar-refractivity contribution in [3.63, 3.8) is 0 Å². The van der Waals surface area contributed by atoms with Gasteiger partial charge >= 0.3 is 0 Å². The van der Waals surface area contributed by atoms with Gasteiger partial charge in [-0.2, -0.15) is 5.26 Å². The highest BCUT2D eigenvalue weighted by atomic mass is 16.2. The molecule has 0 bridgehead atoms. The van der Waals surface area contributed by atoms with Crippen LogP contribution in [0.5, 0.6) is 0 Å². The van der Waals surface area contributed by atoms with Crippen LogP contribution in [0.2, 0.25) is 0 Å². The van der Waals surface area contributed by atoms with Crippen LogP contribution in [0.1, 0.15) is 31.8 Å². The van der Waals surface area contributed by atoms with Crippen LogP contribution in [0.25, 0.3) is 0 Å². The lowest BCUT2D eigenvalue weighted by Gasteiger charge is -2.17. The fraction of sp³-hybridized carbons (Fsp3) is 0.0909. The SMILES string of the molecule is CN(Cc1ccccc1)C(=O)c1cncc(C(=O)Nc2ccccc2C#N)c1. The summed E-state index contributed by atoms with van der Waals surface area (Å²) in [6.45, 7) is 0.450. The van der Waals surface area contributed by atoms with Crippen LogP contribution in [0, 0.1) is 11.3 Å². The van der Waals surface area contributed by atoms with E-state index < -0.39 is 5.91 Å². The van der Waals surface area contributed by atoms with E-state index in [-0.39, 0.29) is 11.5 Å². The van der Waals surface area contributed by atoms with Crippen LogP contribution in [-0.4, -0.2) is 28.7 Å². The molecule has 0 saturated heterocycles. The van der Waals surface area contributed by atoms with Crippen LogP contribution in [-0.2, 0) is 6.54 Å². The minimum atomic E-state index is -0.435. The van der Waals surface area contributed by atoms with E-state index in [1.54, 1.807) is 36.2 Å². The van der Waals surface area contributed by atoms with E-state index in [1.165, 1.54) is 18.5 Å². The Labute approximate surface area is 163 Å². The second kappa shape index (κ2) is 8.60. The summed E-state index contributed by atoms with van der Waals surface area (Å²) in [6.07, 6.45) is 2.82. The van der Waals surface area contributed by atoms with Gasteiger partial charge in [-0.1, -0.05) is 42.5 Å². The van der Waals surface area contributed by atoms with E-state index in [4.69, 9.17) is 5.26 Å². The second-order valence-electron chi connectivity index (χ2n) is 6.22. The predicted molar refractivity (Wildman–Crippen MR) is 106 cm³/mol. The Morgan fingerprint density at radius 3 is 2.46 bits per heavy atom. The van der Waals surface area contributed by atoms with Gasteiger partial charge in [0.05, 0.1) is 22.4 Å².